The van der Waals surface area contributed by atoms with Gasteiger partial charge >= 0.3 is 0 Å². The van der Waals surface area contributed by atoms with E-state index in [4.69, 9.17) is 9.98 Å². The zero-order chi connectivity index (χ0) is 41.5. The molecule has 0 saturated carbocycles. The highest BCUT2D eigenvalue weighted by molar-refractivity contribution is 7.99. The molecule has 0 amide bonds. The molecule has 1 unspecified atom stereocenters. The van der Waals surface area contributed by atoms with Crippen molar-refractivity contribution in [2.75, 3.05) is 0 Å². The van der Waals surface area contributed by atoms with Gasteiger partial charge in [0.1, 0.15) is 5.84 Å². The average Bonchev–Trinajstić information content (AvgIpc) is 3.66. The third kappa shape index (κ3) is 5.10. The summed E-state index contributed by atoms with van der Waals surface area (Å²) in [5.74, 6) is 0.833. The molecule has 63 heavy (non-hydrogen) atoms. The van der Waals surface area contributed by atoms with E-state index in [1.165, 1.54) is 71.0 Å². The second-order valence-electron chi connectivity index (χ2n) is 16.8. The normalized spacial score (nSPS) is 16.6. The van der Waals surface area contributed by atoms with Crippen LogP contribution in [0.2, 0.25) is 0 Å². The molecule has 0 radical (unpaired) electrons. The first-order valence-electron chi connectivity index (χ1n) is 21.7. The first kappa shape index (κ1) is 36.2. The zero-order valence-corrected chi connectivity index (χ0v) is 35.1. The Morgan fingerprint density at radius 1 is 0.413 bits per heavy atom. The van der Waals surface area contributed by atoms with Gasteiger partial charge in [0.15, 0.2) is 0 Å². The SMILES string of the molecule is C1=C(c2cccc(-c3cccc4c3-c3ccccc3C43c4ccccc4C4(c5ccccc5Sc5ccccc54)c4ccccc43)c2)N=C(c2ccccc2)NC1c1ccccn1. The van der Waals surface area contributed by atoms with E-state index >= 15 is 0 Å². The number of fused-ring (bicyclic) bond motifs is 15. The first-order valence-corrected chi connectivity index (χ1v) is 22.5. The van der Waals surface area contributed by atoms with Crippen molar-refractivity contribution in [1.29, 1.82) is 0 Å². The summed E-state index contributed by atoms with van der Waals surface area (Å²) in [6, 6.07) is 78.3. The summed E-state index contributed by atoms with van der Waals surface area (Å²) in [4.78, 5) is 12.6. The largest absolute Gasteiger partial charge is 0.358 e. The van der Waals surface area contributed by atoms with Crippen molar-refractivity contribution in [3.8, 4) is 22.3 Å². The van der Waals surface area contributed by atoms with E-state index in [-0.39, 0.29) is 6.04 Å². The van der Waals surface area contributed by atoms with Crippen LogP contribution in [0, 0.1) is 0 Å². The van der Waals surface area contributed by atoms with Crippen LogP contribution in [0.1, 0.15) is 67.4 Å². The van der Waals surface area contributed by atoms with Crippen molar-refractivity contribution >= 4 is 23.3 Å². The van der Waals surface area contributed by atoms with E-state index in [0.717, 1.165) is 33.9 Å². The third-order valence-corrected chi connectivity index (χ3v) is 14.9. The quantitative estimate of drug-likeness (QED) is 0.192. The van der Waals surface area contributed by atoms with Crippen molar-refractivity contribution in [1.82, 2.24) is 10.3 Å². The van der Waals surface area contributed by atoms with Crippen LogP contribution in [0.4, 0.5) is 0 Å². The minimum atomic E-state index is -0.561. The van der Waals surface area contributed by atoms with Gasteiger partial charge in [-0.3, -0.25) is 4.98 Å². The maximum Gasteiger partial charge on any atom is 0.134 e. The summed E-state index contributed by atoms with van der Waals surface area (Å²) in [5.41, 5.74) is 18.5. The van der Waals surface area contributed by atoms with Gasteiger partial charge in [0.05, 0.1) is 28.3 Å². The van der Waals surface area contributed by atoms with Gasteiger partial charge < -0.3 is 5.32 Å². The number of aliphatic imine (C=N–C) groups is 1. The smallest absolute Gasteiger partial charge is 0.134 e. The number of nitrogens with zero attached hydrogens (tertiary/aromatic N) is 2. The maximum absolute atomic E-state index is 5.27. The van der Waals surface area contributed by atoms with Crippen molar-refractivity contribution in [2.24, 2.45) is 4.99 Å². The Morgan fingerprint density at radius 2 is 0.921 bits per heavy atom. The third-order valence-electron chi connectivity index (χ3n) is 13.7. The lowest BCUT2D eigenvalue weighted by Gasteiger charge is -2.51. The Morgan fingerprint density at radius 3 is 1.59 bits per heavy atom. The van der Waals surface area contributed by atoms with Crippen LogP contribution in [0.5, 0.6) is 0 Å². The van der Waals surface area contributed by atoms with Gasteiger partial charge in [-0.05, 0) is 103 Å². The van der Waals surface area contributed by atoms with Crippen molar-refractivity contribution in [3.05, 3.63) is 286 Å². The van der Waals surface area contributed by atoms with Crippen LogP contribution in [0.25, 0.3) is 28.0 Å². The number of rotatable bonds is 4. The molecule has 1 aromatic heterocycles. The Kier molecular flexibility index (Phi) is 8.03. The monoisotopic (exact) mass is 821 g/mol. The maximum atomic E-state index is 5.27. The number of benzene rings is 8. The van der Waals surface area contributed by atoms with Crippen LogP contribution in [-0.4, -0.2) is 10.8 Å². The van der Waals surface area contributed by atoms with Gasteiger partial charge in [0.25, 0.3) is 0 Å². The van der Waals surface area contributed by atoms with E-state index in [1.807, 2.05) is 36.2 Å². The second kappa shape index (κ2) is 14.0. The number of hydrogen-bond acceptors (Lipinski definition) is 4. The van der Waals surface area contributed by atoms with Crippen LogP contribution in [0.15, 0.2) is 239 Å². The Labute approximate surface area is 371 Å². The Bertz CT molecular complexity index is 3270. The fourth-order valence-corrected chi connectivity index (χ4v) is 12.5. The number of amidine groups is 1. The van der Waals surface area contributed by atoms with Crippen molar-refractivity contribution < 1.29 is 0 Å². The molecule has 8 aromatic carbocycles. The van der Waals surface area contributed by atoms with Crippen molar-refractivity contribution in [3.63, 3.8) is 0 Å². The molecule has 2 aliphatic heterocycles. The lowest BCUT2D eigenvalue weighted by Crippen LogP contribution is -2.45. The molecule has 4 heteroatoms. The topological polar surface area (TPSA) is 37.3 Å². The lowest BCUT2D eigenvalue weighted by molar-refractivity contribution is 0.605. The molecule has 1 atom stereocenters. The van der Waals surface area contributed by atoms with E-state index in [2.05, 4.69) is 206 Å². The van der Waals surface area contributed by atoms with Crippen LogP contribution in [0.3, 0.4) is 0 Å². The summed E-state index contributed by atoms with van der Waals surface area (Å²) in [6.07, 6.45) is 4.06. The van der Waals surface area contributed by atoms with Crippen LogP contribution >= 0.6 is 11.8 Å². The standard InChI is InChI=1S/C59H39N3S/c1-2-18-38(19-3-1)57-61-52(37-53(62-57)51-32-14-15-35-60-51)40-21-16-20-39(36-40)41-23-17-31-50-56(41)42-22-4-5-24-43(42)58(50)44-25-6-8-27-46(44)59(47-28-9-7-26-45(47)58)48-29-10-12-33-54(48)63-55-34-13-11-30-49(55)59/h1-37,53H,(H,61,62). The fourth-order valence-electron chi connectivity index (χ4n) is 11.3. The van der Waals surface area contributed by atoms with E-state index in [0.29, 0.717) is 0 Å². The molecule has 0 bridgehead atoms. The summed E-state index contributed by atoms with van der Waals surface area (Å²) in [7, 11) is 0. The second-order valence-corrected chi connectivity index (χ2v) is 17.9. The van der Waals surface area contributed by atoms with Gasteiger partial charge in [-0.15, -0.1) is 0 Å². The molecule has 296 valence electrons. The minimum Gasteiger partial charge on any atom is -0.358 e. The highest BCUT2D eigenvalue weighted by Crippen LogP contribution is 2.67. The molecule has 9 aromatic rings. The summed E-state index contributed by atoms with van der Waals surface area (Å²) in [5, 5.41) is 3.67. The summed E-state index contributed by atoms with van der Waals surface area (Å²) in [6.45, 7) is 0. The van der Waals surface area contributed by atoms with Gasteiger partial charge in [0.2, 0.25) is 0 Å². The number of aromatic nitrogens is 1. The van der Waals surface area contributed by atoms with E-state index in [1.54, 1.807) is 0 Å². The van der Waals surface area contributed by atoms with Gasteiger partial charge in [-0.25, -0.2) is 4.99 Å². The molecule has 4 aliphatic rings. The highest BCUT2D eigenvalue weighted by atomic mass is 32.2. The molecule has 0 saturated heterocycles. The summed E-state index contributed by atoms with van der Waals surface area (Å²) >= 11 is 1.89. The highest BCUT2D eigenvalue weighted by Gasteiger charge is 2.58. The average molecular weight is 822 g/mol. The molecule has 3 heterocycles. The fraction of sp³-hybridized carbons (Fsp3) is 0.0508. The molecular weight excluding hydrogens is 783 g/mol. The molecular formula is C59H39N3S. The Balaban J connectivity index is 1.04. The van der Waals surface area contributed by atoms with Gasteiger partial charge in [-0.2, -0.15) is 0 Å². The molecule has 1 N–H and O–H groups in total. The van der Waals surface area contributed by atoms with E-state index in [9.17, 15) is 0 Å². The van der Waals surface area contributed by atoms with Crippen molar-refractivity contribution in [2.45, 2.75) is 26.7 Å². The predicted molar refractivity (Wildman–Crippen MR) is 256 cm³/mol. The number of hydrogen-bond donors (Lipinski definition) is 1. The van der Waals surface area contributed by atoms with E-state index < -0.39 is 10.8 Å². The molecule has 3 nitrogen and oxygen atoms in total. The predicted octanol–water partition coefficient (Wildman–Crippen LogP) is 13.4. The molecule has 13 rings (SSSR count). The molecule has 2 spiro atoms. The molecule has 0 fully saturated rings. The summed E-state index contributed by atoms with van der Waals surface area (Å²) < 4.78 is 0. The first-order chi connectivity index (χ1) is 31.2. The lowest BCUT2D eigenvalue weighted by atomic mass is 9.51. The molecule has 2 aliphatic carbocycles. The van der Waals surface area contributed by atoms with Gasteiger partial charge in [-0.1, -0.05) is 194 Å². The minimum absolute atomic E-state index is 0.137. The zero-order valence-electron chi connectivity index (χ0n) is 34.2. The van der Waals surface area contributed by atoms with Crippen LogP contribution in [-0.2, 0) is 10.8 Å². The van der Waals surface area contributed by atoms with Gasteiger partial charge in [0, 0.05) is 27.1 Å². The number of nitrogens with one attached hydrogen (secondary N) is 1. The van der Waals surface area contributed by atoms with Crippen LogP contribution < -0.4 is 5.32 Å². The number of pyridine rings is 1. The Hall–Kier alpha value is -7.53.